The van der Waals surface area contributed by atoms with E-state index in [4.69, 9.17) is 16.3 Å². The minimum absolute atomic E-state index is 0. The van der Waals surface area contributed by atoms with Gasteiger partial charge >= 0.3 is 0 Å². The quantitative estimate of drug-likeness (QED) is 0.173. The van der Waals surface area contributed by atoms with E-state index in [1.807, 2.05) is 6.92 Å². The smallest absolute Gasteiger partial charge is 0.250 e. The summed E-state index contributed by atoms with van der Waals surface area (Å²) in [6.07, 6.45) is 0.975. The van der Waals surface area contributed by atoms with E-state index in [0.717, 1.165) is 57.2 Å². The number of ether oxygens (including phenoxy) is 1. The molecule has 3 N–H and O–H groups in total. The van der Waals surface area contributed by atoms with E-state index in [2.05, 4.69) is 25.2 Å². The van der Waals surface area contributed by atoms with E-state index < -0.39 is 10.0 Å². The lowest BCUT2D eigenvalue weighted by atomic mass is 10.3. The van der Waals surface area contributed by atoms with Crippen molar-refractivity contribution >= 4 is 62.9 Å². The fourth-order valence-electron chi connectivity index (χ4n) is 2.53. The molecule has 1 aromatic rings. The van der Waals surface area contributed by atoms with Crippen LogP contribution in [-0.4, -0.2) is 78.3 Å². The fraction of sp³-hybridized carbons (Fsp3) is 0.688. The number of sulfonamides is 1. The molecule has 1 aliphatic heterocycles. The number of nitrogens with one attached hydrogen (secondary N) is 3. The molecule has 0 radical (unpaired) electrons. The van der Waals surface area contributed by atoms with Crippen LogP contribution in [0, 0.1) is 0 Å². The summed E-state index contributed by atoms with van der Waals surface area (Å²) in [5.41, 5.74) is 0. The van der Waals surface area contributed by atoms with Crippen LogP contribution in [0.25, 0.3) is 0 Å². The molecule has 0 unspecified atom stereocenters. The van der Waals surface area contributed by atoms with Crippen LogP contribution in [0.4, 0.5) is 0 Å². The highest BCUT2D eigenvalue weighted by Crippen LogP contribution is 2.25. The van der Waals surface area contributed by atoms with Crippen LogP contribution in [0.5, 0.6) is 0 Å². The molecular weight excluding hydrogens is 537 g/mol. The van der Waals surface area contributed by atoms with Gasteiger partial charge in [-0.3, -0.25) is 9.89 Å². The maximum absolute atomic E-state index is 12.1. The summed E-state index contributed by atoms with van der Waals surface area (Å²) in [7, 11) is -3.51. The highest BCUT2D eigenvalue weighted by Gasteiger charge is 2.15. The lowest BCUT2D eigenvalue weighted by Gasteiger charge is -2.26. The Balaban J connectivity index is 0.00000392. The van der Waals surface area contributed by atoms with Gasteiger partial charge in [0.15, 0.2) is 5.96 Å². The van der Waals surface area contributed by atoms with Gasteiger partial charge in [0, 0.05) is 45.8 Å². The monoisotopic (exact) mass is 565 g/mol. The van der Waals surface area contributed by atoms with Crippen molar-refractivity contribution < 1.29 is 13.2 Å². The Morgan fingerprint density at radius 1 is 1.29 bits per heavy atom. The standard InChI is InChI=1S/C16H28ClN5O3S2.HI/c1-2-18-16(19-6-3-9-22-10-12-25-13-11-22)20-7-8-21-27(23,24)15-5-4-14(17)26-15;/h4-5,21H,2-3,6-13H2,1H3,(H2,18,19,20);1H. The molecule has 1 saturated heterocycles. The molecule has 0 aromatic carbocycles. The molecule has 2 heterocycles. The molecule has 12 heteroatoms. The normalized spacial score (nSPS) is 15.9. The number of morpholine rings is 1. The van der Waals surface area contributed by atoms with Gasteiger partial charge in [-0.25, -0.2) is 13.1 Å². The SMILES string of the molecule is CCNC(=NCCCN1CCOCC1)NCCNS(=O)(=O)c1ccc(Cl)s1.I. The number of halogens is 2. The van der Waals surface area contributed by atoms with Gasteiger partial charge in [0.1, 0.15) is 4.21 Å². The number of rotatable bonds is 10. The number of nitrogens with zero attached hydrogens (tertiary/aromatic N) is 2. The highest BCUT2D eigenvalue weighted by atomic mass is 127. The van der Waals surface area contributed by atoms with Crippen molar-refractivity contribution in [1.82, 2.24) is 20.3 Å². The first-order valence-corrected chi connectivity index (χ1v) is 11.8. The average Bonchev–Trinajstić information content (AvgIpc) is 3.10. The summed E-state index contributed by atoms with van der Waals surface area (Å²) in [5, 5.41) is 6.31. The Morgan fingerprint density at radius 3 is 2.68 bits per heavy atom. The van der Waals surface area contributed by atoms with Crippen LogP contribution >= 0.6 is 46.9 Å². The summed E-state index contributed by atoms with van der Waals surface area (Å²) in [6.45, 7) is 8.74. The summed E-state index contributed by atoms with van der Waals surface area (Å²) in [4.78, 5) is 6.92. The molecule has 1 fully saturated rings. The van der Waals surface area contributed by atoms with Crippen LogP contribution in [0.1, 0.15) is 13.3 Å². The third kappa shape index (κ3) is 9.55. The van der Waals surface area contributed by atoms with Crippen molar-refractivity contribution in [1.29, 1.82) is 0 Å². The maximum Gasteiger partial charge on any atom is 0.250 e. The van der Waals surface area contributed by atoms with Crippen LogP contribution < -0.4 is 15.4 Å². The second-order valence-corrected chi connectivity index (χ2v) is 9.66. The Hall–Kier alpha value is -0.180. The molecule has 1 aromatic heterocycles. The highest BCUT2D eigenvalue weighted by molar-refractivity contribution is 14.0. The topological polar surface area (TPSA) is 95.1 Å². The summed E-state index contributed by atoms with van der Waals surface area (Å²) >= 11 is 6.83. The molecule has 0 saturated carbocycles. The second kappa shape index (κ2) is 13.9. The molecule has 0 amide bonds. The minimum atomic E-state index is -3.51. The third-order valence-corrected chi connectivity index (χ3v) is 7.06. The van der Waals surface area contributed by atoms with Gasteiger partial charge in [0.25, 0.3) is 0 Å². The Morgan fingerprint density at radius 2 is 2.04 bits per heavy atom. The number of aliphatic imine (C=N–C) groups is 1. The molecular formula is C16H29ClIN5O3S2. The first kappa shape index (κ1) is 25.9. The van der Waals surface area contributed by atoms with Gasteiger partial charge in [0.05, 0.1) is 17.6 Å². The fourth-order valence-corrected chi connectivity index (χ4v) is 5.09. The van der Waals surface area contributed by atoms with Crippen LogP contribution in [0.3, 0.4) is 0 Å². The predicted octanol–water partition coefficient (Wildman–Crippen LogP) is 1.58. The second-order valence-electron chi connectivity index (χ2n) is 5.95. The van der Waals surface area contributed by atoms with E-state index >= 15 is 0 Å². The molecule has 0 spiro atoms. The number of hydrogen-bond acceptors (Lipinski definition) is 6. The summed E-state index contributed by atoms with van der Waals surface area (Å²) in [5.74, 6) is 0.692. The van der Waals surface area contributed by atoms with Gasteiger partial charge in [0.2, 0.25) is 10.0 Å². The molecule has 0 atom stereocenters. The van der Waals surface area contributed by atoms with Crippen molar-refractivity contribution in [2.75, 3.05) is 59.0 Å². The van der Waals surface area contributed by atoms with Crippen LogP contribution in [-0.2, 0) is 14.8 Å². The molecule has 0 bridgehead atoms. The van der Waals surface area contributed by atoms with Gasteiger partial charge < -0.3 is 15.4 Å². The number of thiophene rings is 1. The zero-order chi connectivity index (χ0) is 19.5. The molecule has 28 heavy (non-hydrogen) atoms. The first-order valence-electron chi connectivity index (χ1n) is 9.08. The zero-order valence-electron chi connectivity index (χ0n) is 15.9. The van der Waals surface area contributed by atoms with Crippen molar-refractivity contribution in [3.05, 3.63) is 16.5 Å². The Kier molecular flexibility index (Phi) is 12.9. The van der Waals surface area contributed by atoms with E-state index in [9.17, 15) is 8.42 Å². The lowest BCUT2D eigenvalue weighted by Crippen LogP contribution is -2.41. The molecule has 1 aliphatic rings. The molecule has 8 nitrogen and oxygen atoms in total. The van der Waals surface area contributed by atoms with Crippen LogP contribution in [0.15, 0.2) is 21.3 Å². The van der Waals surface area contributed by atoms with Crippen molar-refractivity contribution in [2.24, 2.45) is 4.99 Å². The van der Waals surface area contributed by atoms with Gasteiger partial charge in [-0.05, 0) is 25.5 Å². The van der Waals surface area contributed by atoms with E-state index in [1.54, 1.807) is 6.07 Å². The van der Waals surface area contributed by atoms with E-state index in [1.165, 1.54) is 6.07 Å². The first-order chi connectivity index (χ1) is 13.0. The van der Waals surface area contributed by atoms with Gasteiger partial charge in [-0.15, -0.1) is 35.3 Å². The number of hydrogen-bond donors (Lipinski definition) is 3. The van der Waals surface area contributed by atoms with E-state index in [-0.39, 0.29) is 34.7 Å². The van der Waals surface area contributed by atoms with Crippen molar-refractivity contribution in [3.63, 3.8) is 0 Å². The van der Waals surface area contributed by atoms with Crippen molar-refractivity contribution in [3.8, 4) is 0 Å². The van der Waals surface area contributed by atoms with Gasteiger partial charge in [-0.2, -0.15) is 0 Å². The number of guanidine groups is 1. The molecule has 2 rings (SSSR count). The maximum atomic E-state index is 12.1. The summed E-state index contributed by atoms with van der Waals surface area (Å²) in [6, 6.07) is 3.08. The van der Waals surface area contributed by atoms with Crippen LogP contribution in [0.2, 0.25) is 4.34 Å². The predicted molar refractivity (Wildman–Crippen MR) is 126 cm³/mol. The zero-order valence-corrected chi connectivity index (χ0v) is 20.7. The largest absolute Gasteiger partial charge is 0.379 e. The van der Waals surface area contributed by atoms with Crippen molar-refractivity contribution in [2.45, 2.75) is 17.6 Å². The van der Waals surface area contributed by atoms with Gasteiger partial charge in [-0.1, -0.05) is 11.6 Å². The molecule has 162 valence electrons. The molecule has 0 aliphatic carbocycles. The lowest BCUT2D eigenvalue weighted by molar-refractivity contribution is 0.0377. The summed E-state index contributed by atoms with van der Waals surface area (Å²) < 4.78 is 32.8. The minimum Gasteiger partial charge on any atom is -0.379 e. The Bertz CT molecular complexity index is 696. The van der Waals surface area contributed by atoms with E-state index in [0.29, 0.717) is 23.4 Å². The average molecular weight is 566 g/mol. The Labute approximate surface area is 193 Å². The third-order valence-electron chi connectivity index (χ3n) is 3.87.